The molecule has 0 saturated carbocycles. The Hall–Kier alpha value is -0.600. The normalized spacial score (nSPS) is 14.6. The molecule has 0 heterocycles. The summed E-state index contributed by atoms with van der Waals surface area (Å²) < 4.78 is 13.0. The molecule has 0 fully saturated rings. The predicted molar refractivity (Wildman–Crippen MR) is 72.1 cm³/mol. The summed E-state index contributed by atoms with van der Waals surface area (Å²) >= 11 is 6.08. The van der Waals surface area contributed by atoms with Gasteiger partial charge in [0, 0.05) is 11.6 Å². The molecule has 1 atom stereocenters. The summed E-state index contributed by atoms with van der Waals surface area (Å²) in [5.74, 6) is -0.274. The van der Waals surface area contributed by atoms with Crippen LogP contribution in [0, 0.1) is 11.2 Å². The van der Waals surface area contributed by atoms with Crippen LogP contribution in [0.5, 0.6) is 0 Å². The van der Waals surface area contributed by atoms with Crippen LogP contribution in [-0.4, -0.2) is 13.6 Å². The molecule has 0 aliphatic rings. The highest BCUT2D eigenvalue weighted by molar-refractivity contribution is 6.31. The van der Waals surface area contributed by atoms with Gasteiger partial charge in [0.2, 0.25) is 0 Å². The lowest BCUT2D eigenvalue weighted by Crippen LogP contribution is -2.31. The van der Waals surface area contributed by atoms with Crippen molar-refractivity contribution >= 4 is 11.6 Å². The molecule has 0 aliphatic heterocycles. The van der Waals surface area contributed by atoms with Gasteiger partial charge in [-0.3, -0.25) is 0 Å². The largest absolute Gasteiger partial charge is 0.319 e. The first-order chi connectivity index (χ1) is 8.00. The molecule has 0 saturated heterocycles. The highest BCUT2D eigenvalue weighted by atomic mass is 35.5. The predicted octanol–water partition coefficient (Wildman–Crippen LogP) is 4.05. The van der Waals surface area contributed by atoms with Gasteiger partial charge in [-0.05, 0) is 43.0 Å². The van der Waals surface area contributed by atoms with E-state index in [2.05, 4.69) is 19.2 Å². The summed E-state index contributed by atoms with van der Waals surface area (Å²) in [6.45, 7) is 5.36. The fourth-order valence-electron chi connectivity index (χ4n) is 2.39. The van der Waals surface area contributed by atoms with Gasteiger partial charge >= 0.3 is 0 Å². The van der Waals surface area contributed by atoms with Gasteiger partial charge in [-0.15, -0.1) is 0 Å². The van der Waals surface area contributed by atoms with Crippen molar-refractivity contribution in [2.24, 2.45) is 5.41 Å². The molecule has 17 heavy (non-hydrogen) atoms. The smallest absolute Gasteiger partial charge is 0.124 e. The van der Waals surface area contributed by atoms with Gasteiger partial charge < -0.3 is 5.32 Å². The van der Waals surface area contributed by atoms with E-state index >= 15 is 0 Å². The molecule has 1 nitrogen and oxygen atoms in total. The second kappa shape index (κ2) is 6.36. The molecule has 1 aromatic rings. The molecule has 1 unspecified atom stereocenters. The summed E-state index contributed by atoms with van der Waals surface area (Å²) in [4.78, 5) is 0. The van der Waals surface area contributed by atoms with Gasteiger partial charge in [0.15, 0.2) is 0 Å². The van der Waals surface area contributed by atoms with Gasteiger partial charge in [0.05, 0.1) is 0 Å². The van der Waals surface area contributed by atoms with Gasteiger partial charge in [0.25, 0.3) is 0 Å². The van der Waals surface area contributed by atoms with Crippen LogP contribution >= 0.6 is 11.6 Å². The lowest BCUT2D eigenvalue weighted by Gasteiger charge is -2.29. The van der Waals surface area contributed by atoms with Crippen molar-refractivity contribution in [3.05, 3.63) is 34.6 Å². The fraction of sp³-hybridized carbons (Fsp3) is 0.571. The Labute approximate surface area is 108 Å². The molecule has 0 amide bonds. The molecule has 0 bridgehead atoms. The minimum atomic E-state index is -0.274. The van der Waals surface area contributed by atoms with E-state index in [1.54, 1.807) is 6.07 Å². The quantitative estimate of drug-likeness (QED) is 0.811. The highest BCUT2D eigenvalue weighted by Gasteiger charge is 2.24. The summed E-state index contributed by atoms with van der Waals surface area (Å²) in [5.41, 5.74) is 1.20. The summed E-state index contributed by atoms with van der Waals surface area (Å²) in [7, 11) is 1.96. The molecule has 0 aromatic heterocycles. The molecular weight excluding hydrogens is 237 g/mol. The van der Waals surface area contributed by atoms with E-state index in [1.165, 1.54) is 12.1 Å². The zero-order chi connectivity index (χ0) is 12.9. The van der Waals surface area contributed by atoms with E-state index in [0.29, 0.717) is 5.02 Å². The maximum Gasteiger partial charge on any atom is 0.124 e. The van der Waals surface area contributed by atoms with E-state index in [-0.39, 0.29) is 11.2 Å². The monoisotopic (exact) mass is 257 g/mol. The van der Waals surface area contributed by atoms with Crippen LogP contribution in [0.4, 0.5) is 4.39 Å². The van der Waals surface area contributed by atoms with E-state index < -0.39 is 0 Å². The van der Waals surface area contributed by atoms with Crippen molar-refractivity contribution in [1.29, 1.82) is 0 Å². The van der Waals surface area contributed by atoms with Gasteiger partial charge in [-0.25, -0.2) is 4.39 Å². The van der Waals surface area contributed by atoms with Gasteiger partial charge in [0.1, 0.15) is 5.82 Å². The Morgan fingerprint density at radius 2 is 2.12 bits per heavy atom. The van der Waals surface area contributed by atoms with Crippen molar-refractivity contribution in [1.82, 2.24) is 5.32 Å². The maximum absolute atomic E-state index is 13.0. The van der Waals surface area contributed by atoms with Crippen LogP contribution in [0.3, 0.4) is 0 Å². The number of hydrogen-bond acceptors (Lipinski definition) is 1. The molecule has 0 radical (unpaired) electrons. The van der Waals surface area contributed by atoms with E-state index in [9.17, 15) is 4.39 Å². The first-order valence-corrected chi connectivity index (χ1v) is 6.47. The number of halogens is 2. The van der Waals surface area contributed by atoms with E-state index in [4.69, 9.17) is 11.6 Å². The SMILES string of the molecule is CCCC(C)(CNC)Cc1ccc(F)cc1Cl. The van der Waals surface area contributed by atoms with Crippen LogP contribution in [0.25, 0.3) is 0 Å². The second-order valence-corrected chi connectivity index (χ2v) is 5.41. The zero-order valence-electron chi connectivity index (χ0n) is 10.8. The lowest BCUT2D eigenvalue weighted by atomic mass is 9.79. The van der Waals surface area contributed by atoms with E-state index in [0.717, 1.165) is 31.4 Å². The molecule has 0 spiro atoms. The Morgan fingerprint density at radius 1 is 1.41 bits per heavy atom. The molecule has 96 valence electrons. The summed E-state index contributed by atoms with van der Waals surface area (Å²) in [6, 6.07) is 4.66. The first-order valence-electron chi connectivity index (χ1n) is 6.09. The Morgan fingerprint density at radius 3 is 2.65 bits per heavy atom. The third-order valence-corrected chi connectivity index (χ3v) is 3.44. The van der Waals surface area contributed by atoms with Crippen molar-refractivity contribution in [2.75, 3.05) is 13.6 Å². The van der Waals surface area contributed by atoms with Crippen molar-refractivity contribution in [3.63, 3.8) is 0 Å². The van der Waals surface area contributed by atoms with Crippen molar-refractivity contribution in [3.8, 4) is 0 Å². The average Bonchev–Trinajstić information content (AvgIpc) is 2.23. The minimum Gasteiger partial charge on any atom is -0.319 e. The minimum absolute atomic E-state index is 0.172. The number of hydrogen-bond donors (Lipinski definition) is 1. The van der Waals surface area contributed by atoms with Crippen LogP contribution in [0.1, 0.15) is 32.3 Å². The molecule has 3 heteroatoms. The maximum atomic E-state index is 13.0. The molecule has 0 aliphatic carbocycles. The van der Waals surface area contributed by atoms with Crippen LogP contribution < -0.4 is 5.32 Å². The molecule has 1 aromatic carbocycles. The lowest BCUT2D eigenvalue weighted by molar-refractivity contribution is 0.283. The summed E-state index contributed by atoms with van der Waals surface area (Å²) in [5, 5.41) is 3.76. The Kier molecular flexibility index (Phi) is 5.41. The number of rotatable bonds is 6. The van der Waals surface area contributed by atoms with Crippen LogP contribution in [0.15, 0.2) is 18.2 Å². The van der Waals surface area contributed by atoms with Crippen molar-refractivity contribution < 1.29 is 4.39 Å². The topological polar surface area (TPSA) is 12.0 Å². The van der Waals surface area contributed by atoms with Crippen molar-refractivity contribution in [2.45, 2.75) is 33.1 Å². The standard InChI is InChI=1S/C14H21ClFN/c1-4-7-14(2,10-17-3)9-11-5-6-12(16)8-13(11)15/h5-6,8,17H,4,7,9-10H2,1-3H3. The van der Waals surface area contributed by atoms with Gasteiger partial charge in [-0.1, -0.05) is 37.9 Å². The average molecular weight is 258 g/mol. The zero-order valence-corrected chi connectivity index (χ0v) is 11.6. The third-order valence-electron chi connectivity index (χ3n) is 3.09. The molecule has 1 rings (SSSR count). The van der Waals surface area contributed by atoms with Gasteiger partial charge in [-0.2, -0.15) is 0 Å². The fourth-order valence-corrected chi connectivity index (χ4v) is 2.63. The first kappa shape index (κ1) is 14.5. The molecule has 1 N–H and O–H groups in total. The number of benzene rings is 1. The van der Waals surface area contributed by atoms with Crippen LogP contribution in [0.2, 0.25) is 5.02 Å². The Bertz CT molecular complexity index is 359. The Balaban J connectivity index is 2.85. The second-order valence-electron chi connectivity index (χ2n) is 5.00. The van der Waals surface area contributed by atoms with Crippen LogP contribution in [-0.2, 0) is 6.42 Å². The van der Waals surface area contributed by atoms with E-state index in [1.807, 2.05) is 7.05 Å². The third kappa shape index (κ3) is 4.29. The molecular formula is C14H21ClFN. The highest BCUT2D eigenvalue weighted by Crippen LogP contribution is 2.30. The number of nitrogens with one attached hydrogen (secondary N) is 1. The summed E-state index contributed by atoms with van der Waals surface area (Å²) in [6.07, 6.45) is 3.14.